The number of para-hydroxylation sites is 1. The fraction of sp³-hybridized carbons (Fsp3) is 0.0800. The Balaban J connectivity index is 1.80. The van der Waals surface area contributed by atoms with Crippen molar-refractivity contribution in [3.8, 4) is 23.6 Å². The molecule has 0 unspecified atom stereocenters. The van der Waals surface area contributed by atoms with E-state index in [0.717, 1.165) is 5.56 Å². The van der Waals surface area contributed by atoms with Crippen LogP contribution in [0.4, 0.5) is 5.69 Å². The van der Waals surface area contributed by atoms with Gasteiger partial charge in [0.15, 0.2) is 11.5 Å². The van der Waals surface area contributed by atoms with Crippen LogP contribution >= 0.6 is 15.9 Å². The van der Waals surface area contributed by atoms with E-state index < -0.39 is 5.91 Å². The Kier molecular flexibility index (Phi) is 7.64. The zero-order valence-corrected chi connectivity index (χ0v) is 18.7. The molecule has 0 radical (unpaired) electrons. The van der Waals surface area contributed by atoms with Gasteiger partial charge in [0.2, 0.25) is 0 Å². The van der Waals surface area contributed by atoms with Crippen molar-refractivity contribution >= 4 is 33.6 Å². The number of nitrogens with zero attached hydrogens (tertiary/aromatic N) is 2. The Morgan fingerprint density at radius 2 is 1.81 bits per heavy atom. The summed E-state index contributed by atoms with van der Waals surface area (Å²) >= 11 is 3.48. The Bertz CT molecular complexity index is 1220. The summed E-state index contributed by atoms with van der Waals surface area (Å²) in [5.74, 6) is 0.427. The predicted octanol–water partition coefficient (Wildman–Crippen LogP) is 5.45. The predicted molar refractivity (Wildman–Crippen MR) is 125 cm³/mol. The van der Waals surface area contributed by atoms with E-state index in [1.807, 2.05) is 24.3 Å². The van der Waals surface area contributed by atoms with Gasteiger partial charge in [-0.15, -0.1) is 0 Å². The molecule has 1 N–H and O–H groups in total. The SMILES string of the molecule is COc1cc(C=C(C#N)C(=O)Nc2ccccc2)cc(Br)c1OCc1ccc(C#N)cc1. The number of rotatable bonds is 7. The van der Waals surface area contributed by atoms with Crippen LogP contribution < -0.4 is 14.8 Å². The van der Waals surface area contributed by atoms with Crippen molar-refractivity contribution in [2.45, 2.75) is 6.61 Å². The third kappa shape index (κ3) is 5.75. The molecule has 0 bridgehead atoms. The number of methoxy groups -OCH3 is 1. The van der Waals surface area contributed by atoms with Gasteiger partial charge < -0.3 is 14.8 Å². The van der Waals surface area contributed by atoms with Gasteiger partial charge in [-0.1, -0.05) is 30.3 Å². The second-order valence-corrected chi connectivity index (χ2v) is 7.48. The average molecular weight is 488 g/mol. The molecule has 0 saturated heterocycles. The minimum absolute atomic E-state index is 0.0472. The molecule has 0 atom stereocenters. The molecule has 0 aliphatic heterocycles. The zero-order valence-electron chi connectivity index (χ0n) is 17.1. The normalized spacial score (nSPS) is 10.6. The number of halogens is 1. The summed E-state index contributed by atoms with van der Waals surface area (Å²) in [5.41, 5.74) is 2.62. The molecule has 1 amide bonds. The van der Waals surface area contributed by atoms with Crippen LogP contribution in [0.1, 0.15) is 16.7 Å². The van der Waals surface area contributed by atoms with E-state index in [4.69, 9.17) is 14.7 Å². The highest BCUT2D eigenvalue weighted by Gasteiger charge is 2.14. The highest BCUT2D eigenvalue weighted by molar-refractivity contribution is 9.10. The Hall–Kier alpha value is -4.07. The first-order valence-corrected chi connectivity index (χ1v) is 10.3. The zero-order chi connectivity index (χ0) is 22.9. The van der Waals surface area contributed by atoms with Gasteiger partial charge >= 0.3 is 0 Å². The molecule has 0 aromatic heterocycles. The quantitative estimate of drug-likeness (QED) is 0.352. The van der Waals surface area contributed by atoms with E-state index in [2.05, 4.69) is 27.3 Å². The van der Waals surface area contributed by atoms with Crippen LogP contribution in [0, 0.1) is 22.7 Å². The van der Waals surface area contributed by atoms with Crippen LogP contribution in [0.2, 0.25) is 0 Å². The summed E-state index contributed by atoms with van der Waals surface area (Å²) < 4.78 is 12.0. The molecule has 3 aromatic carbocycles. The van der Waals surface area contributed by atoms with E-state index in [9.17, 15) is 10.1 Å². The van der Waals surface area contributed by atoms with Gasteiger partial charge in [-0.3, -0.25) is 4.79 Å². The minimum Gasteiger partial charge on any atom is -0.493 e. The average Bonchev–Trinajstić information content (AvgIpc) is 2.82. The molecule has 7 heteroatoms. The van der Waals surface area contributed by atoms with Gasteiger partial charge in [0, 0.05) is 5.69 Å². The lowest BCUT2D eigenvalue weighted by molar-refractivity contribution is -0.112. The highest BCUT2D eigenvalue weighted by Crippen LogP contribution is 2.37. The van der Waals surface area contributed by atoms with Crippen LogP contribution in [-0.4, -0.2) is 13.0 Å². The van der Waals surface area contributed by atoms with E-state index in [1.54, 1.807) is 48.5 Å². The monoisotopic (exact) mass is 487 g/mol. The summed E-state index contributed by atoms with van der Waals surface area (Å²) in [7, 11) is 1.51. The number of nitriles is 2. The molecule has 0 aliphatic carbocycles. The van der Waals surface area contributed by atoms with Gasteiger partial charge in [0.05, 0.1) is 23.2 Å². The first-order chi connectivity index (χ1) is 15.5. The number of hydrogen-bond donors (Lipinski definition) is 1. The largest absolute Gasteiger partial charge is 0.493 e. The third-order valence-corrected chi connectivity index (χ3v) is 5.01. The molecule has 3 rings (SSSR count). The third-order valence-electron chi connectivity index (χ3n) is 4.43. The smallest absolute Gasteiger partial charge is 0.266 e. The number of ether oxygens (including phenoxy) is 2. The first kappa shape index (κ1) is 22.6. The number of hydrogen-bond acceptors (Lipinski definition) is 5. The van der Waals surface area contributed by atoms with Crippen molar-refractivity contribution in [1.29, 1.82) is 10.5 Å². The summed E-state index contributed by atoms with van der Waals surface area (Å²) in [4.78, 5) is 12.5. The number of nitrogens with one attached hydrogen (secondary N) is 1. The van der Waals surface area contributed by atoms with Crippen LogP contribution in [-0.2, 0) is 11.4 Å². The molecule has 158 valence electrons. The lowest BCUT2D eigenvalue weighted by Gasteiger charge is -2.14. The van der Waals surface area contributed by atoms with Crippen LogP contribution in [0.3, 0.4) is 0 Å². The lowest BCUT2D eigenvalue weighted by atomic mass is 10.1. The van der Waals surface area contributed by atoms with Crippen LogP contribution in [0.25, 0.3) is 6.08 Å². The summed E-state index contributed by atoms with van der Waals surface area (Å²) in [6, 6.07) is 23.4. The molecular formula is C25H18BrN3O3. The molecule has 0 spiro atoms. The second kappa shape index (κ2) is 10.8. The fourth-order valence-corrected chi connectivity index (χ4v) is 3.40. The van der Waals surface area contributed by atoms with Crippen LogP contribution in [0.15, 0.2) is 76.8 Å². The van der Waals surface area contributed by atoms with Crippen molar-refractivity contribution in [2.24, 2.45) is 0 Å². The van der Waals surface area contributed by atoms with E-state index >= 15 is 0 Å². The van der Waals surface area contributed by atoms with Crippen molar-refractivity contribution in [3.63, 3.8) is 0 Å². The molecule has 0 heterocycles. The van der Waals surface area contributed by atoms with E-state index in [-0.39, 0.29) is 12.2 Å². The number of anilines is 1. The standard InChI is InChI=1S/C25H18BrN3O3/c1-31-23-13-19(11-20(15-28)25(30)29-21-5-3-2-4-6-21)12-22(26)24(23)32-16-18-9-7-17(14-27)8-10-18/h2-13H,16H2,1H3,(H,29,30). The van der Waals surface area contributed by atoms with Crippen molar-refractivity contribution in [1.82, 2.24) is 0 Å². The molecule has 0 saturated carbocycles. The van der Waals surface area contributed by atoms with Gasteiger partial charge in [-0.2, -0.15) is 10.5 Å². The number of benzene rings is 3. The minimum atomic E-state index is -0.505. The molecular weight excluding hydrogens is 470 g/mol. The van der Waals surface area contributed by atoms with Gasteiger partial charge in [0.25, 0.3) is 5.91 Å². The van der Waals surface area contributed by atoms with Gasteiger partial charge in [-0.05, 0) is 69.5 Å². The fourth-order valence-electron chi connectivity index (χ4n) is 2.83. The lowest BCUT2D eigenvalue weighted by Crippen LogP contribution is -2.13. The topological polar surface area (TPSA) is 95.1 Å². The number of carbonyl (C=O) groups is 1. The Morgan fingerprint density at radius 1 is 1.09 bits per heavy atom. The molecule has 0 fully saturated rings. The molecule has 6 nitrogen and oxygen atoms in total. The number of carbonyl (C=O) groups excluding carboxylic acids is 1. The second-order valence-electron chi connectivity index (χ2n) is 6.62. The Morgan fingerprint density at radius 3 is 2.44 bits per heavy atom. The summed E-state index contributed by atoms with van der Waals surface area (Å²) in [6.45, 7) is 0.277. The van der Waals surface area contributed by atoms with Crippen molar-refractivity contribution < 1.29 is 14.3 Å². The van der Waals surface area contributed by atoms with Crippen molar-refractivity contribution in [3.05, 3.63) is 93.5 Å². The maximum Gasteiger partial charge on any atom is 0.266 e. The van der Waals surface area contributed by atoms with Gasteiger partial charge in [0.1, 0.15) is 18.2 Å². The van der Waals surface area contributed by atoms with E-state index in [0.29, 0.717) is 32.8 Å². The molecule has 32 heavy (non-hydrogen) atoms. The molecule has 3 aromatic rings. The molecule has 0 aliphatic rings. The summed E-state index contributed by atoms with van der Waals surface area (Å²) in [5, 5.41) is 21.1. The maximum absolute atomic E-state index is 12.5. The van der Waals surface area contributed by atoms with Crippen molar-refractivity contribution in [2.75, 3.05) is 12.4 Å². The summed E-state index contributed by atoms with van der Waals surface area (Å²) in [6.07, 6.45) is 1.48. The number of amides is 1. The van der Waals surface area contributed by atoms with Gasteiger partial charge in [-0.25, -0.2) is 0 Å². The maximum atomic E-state index is 12.5. The first-order valence-electron chi connectivity index (χ1n) is 9.51. The van der Waals surface area contributed by atoms with Crippen LogP contribution in [0.5, 0.6) is 11.5 Å². The highest BCUT2D eigenvalue weighted by atomic mass is 79.9. The Labute approximate surface area is 194 Å². The van der Waals surface area contributed by atoms with E-state index in [1.165, 1.54) is 13.2 Å².